The number of nitrogens with zero attached hydrogens (tertiary/aromatic N) is 3. The van der Waals surface area contributed by atoms with Crippen LogP contribution >= 0.6 is 0 Å². The van der Waals surface area contributed by atoms with Crippen LogP contribution in [-0.4, -0.2) is 33.8 Å². The maximum absolute atomic E-state index is 10.9. The van der Waals surface area contributed by atoms with Gasteiger partial charge in [-0.1, -0.05) is 0 Å². The third-order valence-corrected chi connectivity index (χ3v) is 2.20. The molecule has 0 radical (unpaired) electrons. The van der Waals surface area contributed by atoms with Crippen LogP contribution in [0.1, 0.15) is 16.8 Å². The number of carbonyl (C=O) groups is 2. The van der Waals surface area contributed by atoms with Gasteiger partial charge in [-0.05, 0) is 6.42 Å². The summed E-state index contributed by atoms with van der Waals surface area (Å²) in [6.45, 7) is 1.08. The van der Waals surface area contributed by atoms with Crippen LogP contribution in [0.15, 0.2) is 6.20 Å². The fourth-order valence-corrected chi connectivity index (χ4v) is 1.61. The van der Waals surface area contributed by atoms with Crippen molar-refractivity contribution in [3.63, 3.8) is 0 Å². The molecule has 0 aromatic carbocycles. The van der Waals surface area contributed by atoms with Crippen molar-refractivity contribution >= 4 is 18.2 Å². The van der Waals surface area contributed by atoms with Crippen LogP contribution in [-0.2, 0) is 6.54 Å². The van der Waals surface area contributed by atoms with Crippen LogP contribution in [0.2, 0.25) is 0 Å². The number of aromatic nitrogens is 2. The van der Waals surface area contributed by atoms with Gasteiger partial charge in [0, 0.05) is 13.1 Å². The summed E-state index contributed by atoms with van der Waals surface area (Å²) < 4.78 is 1.54. The fraction of sp³-hybridized carbons (Fsp3) is 0.375. The molecule has 14 heavy (non-hydrogen) atoms. The highest BCUT2D eigenvalue weighted by Gasteiger charge is 2.25. The first-order chi connectivity index (χ1) is 6.74. The smallest absolute Gasteiger partial charge is 0.413 e. The van der Waals surface area contributed by atoms with E-state index in [0.29, 0.717) is 30.8 Å². The first kappa shape index (κ1) is 8.74. The van der Waals surface area contributed by atoms with Crippen LogP contribution in [0.3, 0.4) is 0 Å². The molecule has 1 aromatic rings. The summed E-state index contributed by atoms with van der Waals surface area (Å²) in [4.78, 5) is 22.6. The molecule has 0 saturated carbocycles. The van der Waals surface area contributed by atoms with Crippen LogP contribution in [0.4, 0.5) is 10.6 Å². The van der Waals surface area contributed by atoms with E-state index >= 15 is 0 Å². The molecule has 6 heteroatoms. The maximum Gasteiger partial charge on any atom is 0.413 e. The number of hydrogen-bond donors (Lipinski definition) is 1. The highest BCUT2D eigenvalue weighted by atomic mass is 16.4. The van der Waals surface area contributed by atoms with Crippen molar-refractivity contribution < 1.29 is 14.7 Å². The Morgan fingerprint density at radius 1 is 1.57 bits per heavy atom. The van der Waals surface area contributed by atoms with Gasteiger partial charge in [0.25, 0.3) is 0 Å². The summed E-state index contributed by atoms with van der Waals surface area (Å²) in [6, 6.07) is 0. The van der Waals surface area contributed by atoms with E-state index in [1.165, 1.54) is 6.20 Å². The summed E-state index contributed by atoms with van der Waals surface area (Å²) in [7, 11) is 0. The lowest BCUT2D eigenvalue weighted by Crippen LogP contribution is -2.37. The predicted molar refractivity (Wildman–Crippen MR) is 47.6 cm³/mol. The van der Waals surface area contributed by atoms with Gasteiger partial charge in [0.1, 0.15) is 5.82 Å². The normalized spacial score (nSPS) is 15.0. The number of carbonyl (C=O) groups excluding carboxylic acids is 1. The molecule has 1 aliphatic rings. The molecule has 0 unspecified atom stereocenters. The van der Waals surface area contributed by atoms with Crippen molar-refractivity contribution in [2.75, 3.05) is 11.4 Å². The Morgan fingerprint density at radius 3 is 3.00 bits per heavy atom. The number of fused-ring (bicyclic) bond motifs is 1. The molecule has 0 bridgehead atoms. The van der Waals surface area contributed by atoms with E-state index in [2.05, 4.69) is 5.10 Å². The standard InChI is InChI=1S/C8H9N3O3/c12-5-6-4-9-11-3-1-2-10(7(6)11)8(13)14/h4-5H,1-3H2,(H,13,14). The first-order valence-corrected chi connectivity index (χ1v) is 4.25. The Balaban J connectivity index is 2.50. The molecule has 0 spiro atoms. The van der Waals surface area contributed by atoms with Gasteiger partial charge in [-0.15, -0.1) is 0 Å². The van der Waals surface area contributed by atoms with Crippen molar-refractivity contribution in [2.24, 2.45) is 0 Å². The van der Waals surface area contributed by atoms with E-state index in [1.54, 1.807) is 4.68 Å². The molecule has 2 rings (SSSR count). The lowest BCUT2D eigenvalue weighted by Gasteiger charge is -2.25. The second-order valence-electron chi connectivity index (χ2n) is 3.05. The molecule has 0 fully saturated rings. The zero-order valence-corrected chi connectivity index (χ0v) is 7.38. The minimum absolute atomic E-state index is 0.326. The average Bonchev–Trinajstić information content (AvgIpc) is 2.59. The quantitative estimate of drug-likeness (QED) is 0.665. The molecule has 1 amide bonds. The van der Waals surface area contributed by atoms with Gasteiger partial charge in [-0.3, -0.25) is 9.69 Å². The van der Waals surface area contributed by atoms with Crippen molar-refractivity contribution in [2.45, 2.75) is 13.0 Å². The molecule has 0 atom stereocenters. The first-order valence-electron chi connectivity index (χ1n) is 4.25. The van der Waals surface area contributed by atoms with Gasteiger partial charge in [0.15, 0.2) is 6.29 Å². The Labute approximate surface area is 79.7 Å². The van der Waals surface area contributed by atoms with Crippen LogP contribution in [0, 0.1) is 0 Å². The molecule has 1 N–H and O–H groups in total. The lowest BCUT2D eigenvalue weighted by molar-refractivity contribution is 0.112. The average molecular weight is 195 g/mol. The summed E-state index contributed by atoms with van der Waals surface area (Å²) in [5, 5.41) is 12.8. The molecular weight excluding hydrogens is 186 g/mol. The summed E-state index contributed by atoms with van der Waals surface area (Å²) >= 11 is 0. The second kappa shape index (κ2) is 3.13. The number of amides is 1. The Kier molecular flexibility index (Phi) is 1.95. The number of hydrogen-bond acceptors (Lipinski definition) is 3. The number of aldehydes is 1. The van der Waals surface area contributed by atoms with E-state index in [1.807, 2.05) is 0 Å². The monoisotopic (exact) mass is 195 g/mol. The zero-order chi connectivity index (χ0) is 10.1. The Hall–Kier alpha value is -1.85. The van der Waals surface area contributed by atoms with Gasteiger partial charge in [0.2, 0.25) is 0 Å². The molecule has 2 heterocycles. The van der Waals surface area contributed by atoms with Crippen molar-refractivity contribution in [3.8, 4) is 0 Å². The molecule has 0 saturated heterocycles. The Morgan fingerprint density at radius 2 is 2.36 bits per heavy atom. The van der Waals surface area contributed by atoms with E-state index < -0.39 is 6.09 Å². The van der Waals surface area contributed by atoms with E-state index in [4.69, 9.17) is 5.11 Å². The second-order valence-corrected chi connectivity index (χ2v) is 3.05. The molecule has 0 aliphatic carbocycles. The molecule has 1 aliphatic heterocycles. The van der Waals surface area contributed by atoms with Crippen LogP contribution in [0.25, 0.3) is 0 Å². The highest BCUT2D eigenvalue weighted by Crippen LogP contribution is 2.23. The van der Waals surface area contributed by atoms with Crippen molar-refractivity contribution in [1.29, 1.82) is 0 Å². The third-order valence-electron chi connectivity index (χ3n) is 2.20. The topological polar surface area (TPSA) is 75.4 Å². The third kappa shape index (κ3) is 1.15. The number of carboxylic acid groups (broad SMARTS) is 1. The lowest BCUT2D eigenvalue weighted by atomic mass is 10.2. The number of aryl methyl sites for hydroxylation is 1. The van der Waals surface area contributed by atoms with E-state index in [0.717, 1.165) is 11.3 Å². The Bertz CT molecular complexity index is 385. The van der Waals surface area contributed by atoms with Crippen molar-refractivity contribution in [3.05, 3.63) is 11.8 Å². The number of rotatable bonds is 1. The van der Waals surface area contributed by atoms with Gasteiger partial charge in [0.05, 0.1) is 11.8 Å². The highest BCUT2D eigenvalue weighted by molar-refractivity contribution is 5.92. The molecule has 1 aromatic heterocycles. The van der Waals surface area contributed by atoms with Crippen molar-refractivity contribution in [1.82, 2.24) is 9.78 Å². The van der Waals surface area contributed by atoms with E-state index in [9.17, 15) is 9.59 Å². The molecular formula is C8H9N3O3. The summed E-state index contributed by atoms with van der Waals surface area (Å²) in [6.07, 6.45) is 1.69. The fourth-order valence-electron chi connectivity index (χ4n) is 1.61. The van der Waals surface area contributed by atoms with Crippen LogP contribution in [0.5, 0.6) is 0 Å². The molecule has 74 valence electrons. The van der Waals surface area contributed by atoms with Gasteiger partial charge < -0.3 is 5.11 Å². The maximum atomic E-state index is 10.9. The van der Waals surface area contributed by atoms with E-state index in [-0.39, 0.29) is 0 Å². The number of anilines is 1. The molecule has 6 nitrogen and oxygen atoms in total. The predicted octanol–water partition coefficient (Wildman–Crippen LogP) is 0.584. The van der Waals surface area contributed by atoms with Crippen LogP contribution < -0.4 is 4.90 Å². The largest absolute Gasteiger partial charge is 0.465 e. The summed E-state index contributed by atoms with van der Waals surface area (Å²) in [5.41, 5.74) is 0.326. The minimum atomic E-state index is -1.05. The van der Waals surface area contributed by atoms with Gasteiger partial charge in [-0.25, -0.2) is 9.48 Å². The summed E-state index contributed by atoms with van der Waals surface area (Å²) in [5.74, 6) is 0.388. The minimum Gasteiger partial charge on any atom is -0.465 e. The zero-order valence-electron chi connectivity index (χ0n) is 7.38. The SMILES string of the molecule is O=Cc1cnn2c1N(C(=O)O)CCC2. The van der Waals surface area contributed by atoms with Gasteiger partial charge >= 0.3 is 6.09 Å². The van der Waals surface area contributed by atoms with Gasteiger partial charge in [-0.2, -0.15) is 5.10 Å².